The smallest absolute Gasteiger partial charge is 0.306 e. The van der Waals surface area contributed by atoms with Crippen molar-refractivity contribution in [2.75, 3.05) is 19.8 Å². The van der Waals surface area contributed by atoms with Crippen molar-refractivity contribution in [2.24, 2.45) is 0 Å². The molecule has 4 N–H and O–H groups in total. The lowest BCUT2D eigenvalue weighted by atomic mass is 10.3. The number of carbonyl (C=O) groups is 8. The zero-order chi connectivity index (χ0) is 25.6. The first-order valence-corrected chi connectivity index (χ1v) is 9.73. The third-order valence-corrected chi connectivity index (χ3v) is 3.46. The van der Waals surface area contributed by atoms with E-state index in [1.54, 1.807) is 0 Å². The summed E-state index contributed by atoms with van der Waals surface area (Å²) in [4.78, 5) is 80.4. The average Bonchev–Trinajstić information content (AvgIpc) is 3.40. The lowest BCUT2D eigenvalue weighted by Crippen LogP contribution is -2.18. The van der Waals surface area contributed by atoms with Crippen LogP contribution in [0.4, 0.5) is 0 Å². The van der Waals surface area contributed by atoms with Crippen molar-refractivity contribution in [3.8, 4) is 0 Å². The van der Waals surface area contributed by atoms with E-state index in [0.717, 1.165) is 19.4 Å². The van der Waals surface area contributed by atoms with Crippen LogP contribution in [-0.4, -0.2) is 78.4 Å². The molecule has 2 aliphatic heterocycles. The molecule has 33 heavy (non-hydrogen) atoms. The molecule has 2 aliphatic rings. The van der Waals surface area contributed by atoms with Crippen molar-refractivity contribution in [1.29, 1.82) is 0 Å². The number of ether oxygens (including phenoxy) is 2. The van der Waals surface area contributed by atoms with E-state index in [0.29, 0.717) is 12.8 Å². The fourth-order valence-electron chi connectivity index (χ4n) is 1.95. The van der Waals surface area contributed by atoms with Gasteiger partial charge in [0.05, 0.1) is 25.7 Å². The Labute approximate surface area is 189 Å². The van der Waals surface area contributed by atoms with Gasteiger partial charge in [0.1, 0.15) is 20.0 Å². The number of hydrogen-bond acceptors (Lipinski definition) is 10. The molecular weight excluding hydrogens is 448 g/mol. The van der Waals surface area contributed by atoms with Crippen molar-refractivity contribution in [3.05, 3.63) is 0 Å². The Hall–Kier alpha value is -3.84. The standard InChI is InChI=1S/C10H14O8.C4H5NO2.C4H7NO.CH2O/c11-7(12)1-3-9(15)17-5-6-18-10(16)4-2-8(13)14;6-3-1-2-4(7)5-3;6-4-2-1-3-5-4;1-2/h1-6H2,(H,11,12)(H,13,14);1-2H2,(H,5,6,7);1-3H2,(H,5,6);1H2. The number of rotatable bonds is 9. The molecule has 0 spiro atoms. The Kier molecular flexibility index (Phi) is 19.1. The second-order valence-electron chi connectivity index (χ2n) is 6.15. The van der Waals surface area contributed by atoms with Gasteiger partial charge in [0.2, 0.25) is 17.7 Å². The lowest BCUT2D eigenvalue weighted by Gasteiger charge is -2.05. The number of hydrogen-bond donors (Lipinski definition) is 4. The van der Waals surface area contributed by atoms with Crippen LogP contribution in [0.5, 0.6) is 0 Å². The van der Waals surface area contributed by atoms with Crippen molar-refractivity contribution < 1.29 is 58.0 Å². The lowest BCUT2D eigenvalue weighted by molar-refractivity contribution is -0.154. The minimum Gasteiger partial charge on any atom is -0.481 e. The molecule has 0 bridgehead atoms. The van der Waals surface area contributed by atoms with Crippen LogP contribution in [0.15, 0.2) is 0 Å². The fraction of sp³-hybridized carbons (Fsp3) is 0.579. The van der Waals surface area contributed by atoms with Crippen LogP contribution in [0.3, 0.4) is 0 Å². The van der Waals surface area contributed by atoms with Gasteiger partial charge in [0.25, 0.3) is 0 Å². The molecule has 0 atom stereocenters. The van der Waals surface area contributed by atoms with E-state index in [-0.39, 0.29) is 56.6 Å². The first-order valence-electron chi connectivity index (χ1n) is 9.73. The Bertz CT molecular complexity index is 638. The van der Waals surface area contributed by atoms with Crippen LogP contribution in [0.2, 0.25) is 0 Å². The molecular formula is C19H28N2O12. The van der Waals surface area contributed by atoms with Gasteiger partial charge in [0, 0.05) is 25.8 Å². The molecule has 0 aromatic rings. The van der Waals surface area contributed by atoms with Crippen LogP contribution >= 0.6 is 0 Å². The summed E-state index contributed by atoms with van der Waals surface area (Å²) in [5, 5.41) is 21.4. The Morgan fingerprint density at radius 1 is 0.727 bits per heavy atom. The van der Waals surface area contributed by atoms with Gasteiger partial charge in [-0.15, -0.1) is 0 Å². The van der Waals surface area contributed by atoms with E-state index in [1.807, 2.05) is 6.79 Å². The predicted molar refractivity (Wildman–Crippen MR) is 107 cm³/mol. The largest absolute Gasteiger partial charge is 0.481 e. The second-order valence-corrected chi connectivity index (χ2v) is 6.15. The average molecular weight is 476 g/mol. The highest BCUT2D eigenvalue weighted by atomic mass is 16.6. The third-order valence-electron chi connectivity index (χ3n) is 3.46. The molecule has 0 aromatic carbocycles. The summed E-state index contributed by atoms with van der Waals surface area (Å²) < 4.78 is 9.15. The summed E-state index contributed by atoms with van der Waals surface area (Å²) in [7, 11) is 0. The fourth-order valence-corrected chi connectivity index (χ4v) is 1.95. The first-order chi connectivity index (χ1) is 15.6. The van der Waals surface area contributed by atoms with Gasteiger partial charge in [-0.05, 0) is 6.42 Å². The monoisotopic (exact) mass is 476 g/mol. The van der Waals surface area contributed by atoms with E-state index in [1.165, 1.54) is 0 Å². The van der Waals surface area contributed by atoms with Crippen molar-refractivity contribution >= 4 is 48.4 Å². The first kappa shape index (κ1) is 31.3. The molecule has 2 rings (SSSR count). The van der Waals surface area contributed by atoms with Crippen molar-refractivity contribution in [2.45, 2.75) is 51.4 Å². The number of carboxylic acids is 2. The van der Waals surface area contributed by atoms with E-state index < -0.39 is 23.9 Å². The molecule has 3 amide bonds. The van der Waals surface area contributed by atoms with E-state index in [2.05, 4.69) is 20.1 Å². The van der Waals surface area contributed by atoms with Crippen LogP contribution < -0.4 is 10.6 Å². The Morgan fingerprint density at radius 3 is 1.36 bits per heavy atom. The van der Waals surface area contributed by atoms with Gasteiger partial charge in [-0.3, -0.25) is 38.9 Å². The summed E-state index contributed by atoms with van der Waals surface area (Å²) >= 11 is 0. The maximum Gasteiger partial charge on any atom is 0.306 e. The van der Waals surface area contributed by atoms with Crippen LogP contribution in [-0.2, 0) is 47.8 Å². The SMILES string of the molecule is C=O.O=C(O)CCC(=O)OCCOC(=O)CCC(=O)O.O=C1CCC(=O)N1.O=C1CCCN1. The summed E-state index contributed by atoms with van der Waals surface area (Å²) in [6, 6.07) is 0. The Morgan fingerprint density at radius 2 is 1.15 bits per heavy atom. The molecule has 0 aromatic heterocycles. The number of amides is 3. The summed E-state index contributed by atoms with van der Waals surface area (Å²) in [6.07, 6.45) is 1.37. The number of carbonyl (C=O) groups excluding carboxylic acids is 6. The number of aliphatic carboxylic acids is 2. The maximum atomic E-state index is 10.9. The van der Waals surface area contributed by atoms with Crippen LogP contribution in [0.25, 0.3) is 0 Å². The van der Waals surface area contributed by atoms with Crippen LogP contribution in [0.1, 0.15) is 51.4 Å². The molecule has 2 heterocycles. The Balaban J connectivity index is 0. The molecule has 0 aliphatic carbocycles. The quantitative estimate of drug-likeness (QED) is 0.178. The highest BCUT2D eigenvalue weighted by Gasteiger charge is 2.15. The summed E-state index contributed by atoms with van der Waals surface area (Å²) in [6.45, 7) is 2.52. The second kappa shape index (κ2) is 20.1. The van der Waals surface area contributed by atoms with Gasteiger partial charge < -0.3 is 29.8 Å². The number of imide groups is 1. The number of nitrogens with one attached hydrogen (secondary N) is 2. The van der Waals surface area contributed by atoms with Gasteiger partial charge in [-0.2, -0.15) is 0 Å². The highest BCUT2D eigenvalue weighted by Crippen LogP contribution is 1.96. The molecule has 0 radical (unpaired) electrons. The van der Waals surface area contributed by atoms with E-state index >= 15 is 0 Å². The molecule has 0 unspecified atom stereocenters. The van der Waals surface area contributed by atoms with Gasteiger partial charge >= 0.3 is 23.9 Å². The summed E-state index contributed by atoms with van der Waals surface area (Å²) in [5.74, 6) is -3.69. The molecule has 14 heteroatoms. The third kappa shape index (κ3) is 22.7. The highest BCUT2D eigenvalue weighted by molar-refractivity contribution is 6.01. The topological polar surface area (TPSA) is 220 Å². The number of esters is 2. The molecule has 2 saturated heterocycles. The van der Waals surface area contributed by atoms with Gasteiger partial charge in [0.15, 0.2) is 0 Å². The molecule has 2 fully saturated rings. The summed E-state index contributed by atoms with van der Waals surface area (Å²) in [5.41, 5.74) is 0. The van der Waals surface area contributed by atoms with E-state index in [4.69, 9.17) is 15.0 Å². The minimum atomic E-state index is -1.10. The zero-order valence-corrected chi connectivity index (χ0v) is 18.0. The predicted octanol–water partition coefficient (Wildman–Crippen LogP) is -1.06. The van der Waals surface area contributed by atoms with E-state index in [9.17, 15) is 33.6 Å². The van der Waals surface area contributed by atoms with Crippen molar-refractivity contribution in [3.63, 3.8) is 0 Å². The minimum absolute atomic E-state index is 0.148. The molecule has 186 valence electrons. The molecule has 14 nitrogen and oxygen atoms in total. The molecule has 0 saturated carbocycles. The van der Waals surface area contributed by atoms with Crippen LogP contribution in [0, 0.1) is 0 Å². The number of carboxylic acid groups (broad SMARTS) is 2. The van der Waals surface area contributed by atoms with Gasteiger partial charge in [-0.1, -0.05) is 0 Å². The van der Waals surface area contributed by atoms with Crippen molar-refractivity contribution in [1.82, 2.24) is 10.6 Å². The normalized spacial score (nSPS) is 13.4. The van der Waals surface area contributed by atoms with Gasteiger partial charge in [-0.25, -0.2) is 0 Å². The maximum absolute atomic E-state index is 10.9. The zero-order valence-electron chi connectivity index (χ0n) is 18.0.